The molecule has 7 nitrogen and oxygen atoms in total. The number of aromatic nitrogens is 4. The number of para-hydroxylation sites is 2. The summed E-state index contributed by atoms with van der Waals surface area (Å²) in [7, 11) is 3.05. The zero-order chi connectivity index (χ0) is 16.1. The van der Waals surface area contributed by atoms with Crippen molar-refractivity contribution < 1.29 is 14.2 Å². The van der Waals surface area contributed by atoms with Crippen molar-refractivity contribution in [2.45, 2.75) is 0 Å². The molecule has 0 spiro atoms. The molecule has 0 saturated carbocycles. The van der Waals surface area contributed by atoms with Crippen molar-refractivity contribution in [2.24, 2.45) is 0 Å². The standard InChI is InChI=1S/C16H13N4O3/c1-21-11-6-3-4-7-12(11)23-13-10-19-15(20-16(13)22-2)14-17-8-5-9-18-14/h3-9H,1-2H3. The van der Waals surface area contributed by atoms with Crippen molar-refractivity contribution in [1.29, 1.82) is 0 Å². The third kappa shape index (κ3) is 3.18. The molecule has 115 valence electrons. The average molecular weight is 309 g/mol. The molecule has 7 heteroatoms. The van der Waals surface area contributed by atoms with E-state index in [1.807, 2.05) is 12.1 Å². The Morgan fingerprint density at radius 3 is 2.30 bits per heavy atom. The highest BCUT2D eigenvalue weighted by Gasteiger charge is 2.15. The van der Waals surface area contributed by atoms with E-state index in [9.17, 15) is 0 Å². The second-order valence-electron chi connectivity index (χ2n) is 4.32. The van der Waals surface area contributed by atoms with E-state index in [0.717, 1.165) is 0 Å². The monoisotopic (exact) mass is 309 g/mol. The van der Waals surface area contributed by atoms with E-state index in [2.05, 4.69) is 26.1 Å². The first-order valence-electron chi connectivity index (χ1n) is 6.74. The predicted molar refractivity (Wildman–Crippen MR) is 81.5 cm³/mol. The lowest BCUT2D eigenvalue weighted by molar-refractivity contribution is 0.346. The van der Waals surface area contributed by atoms with Gasteiger partial charge in [0, 0.05) is 12.4 Å². The topological polar surface area (TPSA) is 79.3 Å². The van der Waals surface area contributed by atoms with Gasteiger partial charge in [0.05, 0.1) is 14.2 Å². The Kier molecular flexibility index (Phi) is 4.28. The first-order valence-corrected chi connectivity index (χ1v) is 6.74. The van der Waals surface area contributed by atoms with Gasteiger partial charge in [-0.15, -0.1) is 0 Å². The Morgan fingerprint density at radius 2 is 1.61 bits per heavy atom. The molecule has 0 fully saturated rings. The van der Waals surface area contributed by atoms with Gasteiger partial charge in [0.1, 0.15) is 6.20 Å². The summed E-state index contributed by atoms with van der Waals surface area (Å²) in [5.74, 6) is 2.25. The third-order valence-corrected chi connectivity index (χ3v) is 2.91. The minimum atomic E-state index is 0.230. The minimum Gasteiger partial charge on any atom is -0.493 e. The molecular weight excluding hydrogens is 296 g/mol. The summed E-state index contributed by atoms with van der Waals surface area (Å²) in [6, 6.07) is 8.94. The van der Waals surface area contributed by atoms with Gasteiger partial charge >= 0.3 is 0 Å². The molecule has 0 amide bonds. The molecule has 0 bridgehead atoms. The lowest BCUT2D eigenvalue weighted by Crippen LogP contribution is -2.00. The van der Waals surface area contributed by atoms with E-state index in [1.54, 1.807) is 37.7 Å². The lowest BCUT2D eigenvalue weighted by atomic mass is 10.3. The maximum absolute atomic E-state index is 5.74. The van der Waals surface area contributed by atoms with Crippen LogP contribution in [0.3, 0.4) is 0 Å². The van der Waals surface area contributed by atoms with Gasteiger partial charge in [0.25, 0.3) is 5.88 Å². The lowest BCUT2D eigenvalue weighted by Gasteiger charge is -2.11. The molecule has 23 heavy (non-hydrogen) atoms. The van der Waals surface area contributed by atoms with Gasteiger partial charge in [-0.1, -0.05) is 12.1 Å². The number of ether oxygens (including phenoxy) is 3. The SMILES string of the molecule is COc1ccccc1Oc1[c]nc(-c2ncccn2)nc1OC. The number of hydrogen-bond donors (Lipinski definition) is 0. The zero-order valence-corrected chi connectivity index (χ0v) is 12.6. The Morgan fingerprint density at radius 1 is 0.870 bits per heavy atom. The van der Waals surface area contributed by atoms with Crippen molar-refractivity contribution in [3.8, 4) is 34.8 Å². The second-order valence-corrected chi connectivity index (χ2v) is 4.32. The van der Waals surface area contributed by atoms with E-state index in [-0.39, 0.29) is 11.6 Å². The summed E-state index contributed by atoms with van der Waals surface area (Å²) in [6.07, 6.45) is 5.98. The summed E-state index contributed by atoms with van der Waals surface area (Å²) in [5, 5.41) is 0. The Labute approximate surface area is 132 Å². The number of hydrogen-bond acceptors (Lipinski definition) is 7. The van der Waals surface area contributed by atoms with Crippen LogP contribution in [0.4, 0.5) is 0 Å². The summed E-state index contributed by atoms with van der Waals surface area (Å²) in [5.41, 5.74) is 0. The molecular formula is C16H13N4O3. The molecule has 0 aliphatic rings. The number of benzene rings is 1. The van der Waals surface area contributed by atoms with Crippen LogP contribution < -0.4 is 14.2 Å². The molecule has 0 N–H and O–H groups in total. The minimum absolute atomic E-state index is 0.230. The Hall–Kier alpha value is -3.22. The van der Waals surface area contributed by atoms with Gasteiger partial charge < -0.3 is 14.2 Å². The molecule has 2 heterocycles. The highest BCUT2D eigenvalue weighted by Crippen LogP contribution is 2.34. The van der Waals surface area contributed by atoms with Crippen LogP contribution in [0.5, 0.6) is 23.1 Å². The molecule has 3 aromatic rings. The van der Waals surface area contributed by atoms with Crippen molar-refractivity contribution in [3.63, 3.8) is 0 Å². The van der Waals surface area contributed by atoms with Crippen LogP contribution in [0.25, 0.3) is 11.6 Å². The van der Waals surface area contributed by atoms with Crippen molar-refractivity contribution in [2.75, 3.05) is 14.2 Å². The van der Waals surface area contributed by atoms with Crippen molar-refractivity contribution in [3.05, 3.63) is 48.9 Å². The summed E-state index contributed by atoms with van der Waals surface area (Å²) in [6.45, 7) is 0. The molecule has 0 saturated heterocycles. The number of methoxy groups -OCH3 is 2. The van der Waals surface area contributed by atoms with E-state index < -0.39 is 0 Å². The Bertz CT molecular complexity index is 796. The zero-order valence-electron chi connectivity index (χ0n) is 12.6. The van der Waals surface area contributed by atoms with Crippen LogP contribution in [0.2, 0.25) is 0 Å². The molecule has 0 aliphatic heterocycles. The predicted octanol–water partition coefficient (Wildman–Crippen LogP) is 2.54. The van der Waals surface area contributed by atoms with Crippen LogP contribution in [0, 0.1) is 6.20 Å². The first-order chi connectivity index (χ1) is 11.3. The van der Waals surface area contributed by atoms with Gasteiger partial charge in [-0.3, -0.25) is 0 Å². The summed E-state index contributed by atoms with van der Waals surface area (Å²) < 4.78 is 16.2. The molecule has 0 aliphatic carbocycles. The fourth-order valence-corrected chi connectivity index (χ4v) is 1.86. The van der Waals surface area contributed by atoms with Gasteiger partial charge in [-0.25, -0.2) is 15.0 Å². The summed E-state index contributed by atoms with van der Waals surface area (Å²) >= 11 is 0. The number of rotatable bonds is 5. The maximum Gasteiger partial charge on any atom is 0.262 e. The Balaban J connectivity index is 1.94. The maximum atomic E-state index is 5.74. The van der Waals surface area contributed by atoms with Crippen molar-refractivity contribution in [1.82, 2.24) is 19.9 Å². The van der Waals surface area contributed by atoms with Gasteiger partial charge in [0.15, 0.2) is 17.3 Å². The molecule has 2 aromatic heterocycles. The fraction of sp³-hybridized carbons (Fsp3) is 0.125. The number of nitrogens with zero attached hydrogens (tertiary/aromatic N) is 4. The van der Waals surface area contributed by atoms with Crippen LogP contribution in [-0.4, -0.2) is 34.2 Å². The van der Waals surface area contributed by atoms with E-state index in [4.69, 9.17) is 14.2 Å². The molecule has 0 atom stereocenters. The van der Waals surface area contributed by atoms with Gasteiger partial charge in [-0.05, 0) is 18.2 Å². The smallest absolute Gasteiger partial charge is 0.262 e. The average Bonchev–Trinajstić information content (AvgIpc) is 2.63. The quantitative estimate of drug-likeness (QED) is 0.716. The molecule has 1 aromatic carbocycles. The molecule has 1 radical (unpaired) electrons. The van der Waals surface area contributed by atoms with Gasteiger partial charge in [-0.2, -0.15) is 4.98 Å². The van der Waals surface area contributed by atoms with Crippen LogP contribution in [-0.2, 0) is 0 Å². The van der Waals surface area contributed by atoms with E-state index in [1.165, 1.54) is 7.11 Å². The molecule has 0 unspecified atom stereocenters. The highest BCUT2D eigenvalue weighted by molar-refractivity contribution is 5.48. The fourth-order valence-electron chi connectivity index (χ4n) is 1.86. The highest BCUT2D eigenvalue weighted by atomic mass is 16.5. The largest absolute Gasteiger partial charge is 0.493 e. The molecule has 3 rings (SSSR count). The van der Waals surface area contributed by atoms with E-state index >= 15 is 0 Å². The van der Waals surface area contributed by atoms with E-state index in [0.29, 0.717) is 23.1 Å². The second kappa shape index (κ2) is 6.69. The first kappa shape index (κ1) is 14.7. The van der Waals surface area contributed by atoms with Gasteiger partial charge in [0.2, 0.25) is 11.6 Å². The van der Waals surface area contributed by atoms with Crippen LogP contribution in [0.15, 0.2) is 42.7 Å². The third-order valence-electron chi connectivity index (χ3n) is 2.91. The normalized spacial score (nSPS) is 10.2. The van der Waals surface area contributed by atoms with Crippen molar-refractivity contribution >= 4 is 0 Å². The van der Waals surface area contributed by atoms with Crippen LogP contribution >= 0.6 is 0 Å². The van der Waals surface area contributed by atoms with Crippen LogP contribution in [0.1, 0.15) is 0 Å². The summed E-state index contributed by atoms with van der Waals surface area (Å²) in [4.78, 5) is 16.5.